The molecule has 1 aliphatic heterocycles. The number of nitrogens with one attached hydrogen (secondary N) is 1. The van der Waals surface area contributed by atoms with Crippen molar-refractivity contribution in [3.63, 3.8) is 0 Å². The normalized spacial score (nSPS) is 21.2. The zero-order valence-corrected chi connectivity index (χ0v) is 8.78. The van der Waals surface area contributed by atoms with Crippen LogP contribution in [0.15, 0.2) is 18.3 Å². The van der Waals surface area contributed by atoms with Crippen LogP contribution in [0.1, 0.15) is 12.8 Å². The number of anilines is 2. The second-order valence-electron chi connectivity index (χ2n) is 3.93. The highest BCUT2D eigenvalue weighted by Crippen LogP contribution is 2.15. The molecule has 0 bridgehead atoms. The van der Waals surface area contributed by atoms with E-state index in [1.165, 1.54) is 12.8 Å². The number of ether oxygens (including phenoxy) is 1. The van der Waals surface area contributed by atoms with Crippen molar-refractivity contribution in [2.75, 3.05) is 30.8 Å². The van der Waals surface area contributed by atoms with E-state index < -0.39 is 0 Å². The third-order valence-corrected chi connectivity index (χ3v) is 2.63. The second kappa shape index (κ2) is 4.98. The minimum absolute atomic E-state index is 0.555. The number of nitrogens with zero attached hydrogens (tertiary/aromatic N) is 1. The monoisotopic (exact) mass is 207 g/mol. The summed E-state index contributed by atoms with van der Waals surface area (Å²) in [5, 5.41) is 3.36. The molecule has 1 aromatic rings. The Bertz CT molecular complexity index is 310. The highest BCUT2D eigenvalue weighted by molar-refractivity contribution is 5.49. The van der Waals surface area contributed by atoms with Gasteiger partial charge in [0, 0.05) is 31.1 Å². The Balaban J connectivity index is 1.81. The van der Waals surface area contributed by atoms with Gasteiger partial charge in [-0.25, -0.2) is 4.98 Å². The lowest BCUT2D eigenvalue weighted by molar-refractivity contribution is 0.0595. The Kier molecular flexibility index (Phi) is 3.40. The van der Waals surface area contributed by atoms with Gasteiger partial charge in [0.1, 0.15) is 5.82 Å². The standard InChI is InChI=1S/C11H17N3O/c12-11-6-10(3-4-13-11)14-7-9-2-1-5-15-8-9/h3-4,6,9H,1-2,5,7-8H2,(H3,12,13,14). The Morgan fingerprint density at radius 3 is 3.27 bits per heavy atom. The molecule has 0 aliphatic carbocycles. The molecular formula is C11H17N3O. The molecule has 1 unspecified atom stereocenters. The molecule has 1 atom stereocenters. The van der Waals surface area contributed by atoms with Gasteiger partial charge in [-0.1, -0.05) is 0 Å². The van der Waals surface area contributed by atoms with Crippen molar-refractivity contribution in [2.24, 2.45) is 5.92 Å². The SMILES string of the molecule is Nc1cc(NCC2CCCOC2)ccn1. The van der Waals surface area contributed by atoms with Crippen LogP contribution in [0, 0.1) is 5.92 Å². The maximum Gasteiger partial charge on any atom is 0.125 e. The van der Waals surface area contributed by atoms with Crippen molar-refractivity contribution in [3.05, 3.63) is 18.3 Å². The first-order chi connectivity index (χ1) is 7.34. The summed E-state index contributed by atoms with van der Waals surface area (Å²) in [6, 6.07) is 3.78. The van der Waals surface area contributed by atoms with Crippen molar-refractivity contribution in [1.82, 2.24) is 4.98 Å². The fraction of sp³-hybridized carbons (Fsp3) is 0.545. The molecule has 0 amide bonds. The Hall–Kier alpha value is -1.29. The number of hydrogen-bond acceptors (Lipinski definition) is 4. The molecule has 1 aliphatic rings. The van der Waals surface area contributed by atoms with Crippen LogP contribution in [-0.4, -0.2) is 24.7 Å². The van der Waals surface area contributed by atoms with E-state index in [0.29, 0.717) is 11.7 Å². The van der Waals surface area contributed by atoms with Gasteiger partial charge < -0.3 is 15.8 Å². The van der Waals surface area contributed by atoms with Gasteiger partial charge in [-0.2, -0.15) is 0 Å². The second-order valence-corrected chi connectivity index (χ2v) is 3.93. The molecule has 0 radical (unpaired) electrons. The highest BCUT2D eigenvalue weighted by atomic mass is 16.5. The van der Waals surface area contributed by atoms with Crippen molar-refractivity contribution < 1.29 is 4.74 Å². The van der Waals surface area contributed by atoms with E-state index >= 15 is 0 Å². The van der Waals surface area contributed by atoms with Crippen LogP contribution in [-0.2, 0) is 4.74 Å². The average molecular weight is 207 g/mol. The molecule has 1 fully saturated rings. The molecule has 0 spiro atoms. The van der Waals surface area contributed by atoms with Gasteiger partial charge in [-0.3, -0.25) is 0 Å². The van der Waals surface area contributed by atoms with Crippen LogP contribution >= 0.6 is 0 Å². The molecule has 0 saturated carbocycles. The molecule has 1 saturated heterocycles. The van der Waals surface area contributed by atoms with Gasteiger partial charge in [0.05, 0.1) is 6.61 Å². The molecule has 2 heterocycles. The van der Waals surface area contributed by atoms with Gasteiger partial charge in [-0.15, -0.1) is 0 Å². The first kappa shape index (κ1) is 10.2. The summed E-state index contributed by atoms with van der Waals surface area (Å²) in [4.78, 5) is 3.95. The molecule has 1 aromatic heterocycles. The van der Waals surface area contributed by atoms with Crippen LogP contribution in [0.5, 0.6) is 0 Å². The van der Waals surface area contributed by atoms with Gasteiger partial charge in [0.25, 0.3) is 0 Å². The highest BCUT2D eigenvalue weighted by Gasteiger charge is 2.13. The number of hydrogen-bond donors (Lipinski definition) is 2. The number of rotatable bonds is 3. The lowest BCUT2D eigenvalue weighted by Gasteiger charge is -2.22. The smallest absolute Gasteiger partial charge is 0.125 e. The summed E-state index contributed by atoms with van der Waals surface area (Å²) < 4.78 is 5.42. The molecule has 4 heteroatoms. The average Bonchev–Trinajstić information content (AvgIpc) is 2.28. The summed E-state index contributed by atoms with van der Waals surface area (Å²) in [6.45, 7) is 2.73. The third kappa shape index (κ3) is 3.09. The van der Waals surface area contributed by atoms with Gasteiger partial charge in [0.15, 0.2) is 0 Å². The number of nitrogen functional groups attached to an aromatic ring is 1. The van der Waals surface area contributed by atoms with E-state index in [1.54, 1.807) is 6.20 Å². The molecule has 2 rings (SSSR count). The predicted molar refractivity (Wildman–Crippen MR) is 60.7 cm³/mol. The topological polar surface area (TPSA) is 60.2 Å². The van der Waals surface area contributed by atoms with E-state index in [-0.39, 0.29) is 0 Å². The van der Waals surface area contributed by atoms with Gasteiger partial charge in [0.2, 0.25) is 0 Å². The molecule has 3 N–H and O–H groups in total. The zero-order chi connectivity index (χ0) is 10.5. The quantitative estimate of drug-likeness (QED) is 0.788. The van der Waals surface area contributed by atoms with Crippen LogP contribution in [0.2, 0.25) is 0 Å². The van der Waals surface area contributed by atoms with Crippen LogP contribution in [0.25, 0.3) is 0 Å². The minimum atomic E-state index is 0.555. The fourth-order valence-electron chi connectivity index (χ4n) is 1.79. The third-order valence-electron chi connectivity index (χ3n) is 2.63. The predicted octanol–water partition coefficient (Wildman–Crippen LogP) is 1.50. The first-order valence-electron chi connectivity index (χ1n) is 5.38. The largest absolute Gasteiger partial charge is 0.385 e. The molecule has 82 valence electrons. The molecular weight excluding hydrogens is 190 g/mol. The van der Waals surface area contributed by atoms with Crippen molar-refractivity contribution in [1.29, 1.82) is 0 Å². The van der Waals surface area contributed by atoms with E-state index in [9.17, 15) is 0 Å². The van der Waals surface area contributed by atoms with Crippen LogP contribution in [0.4, 0.5) is 11.5 Å². The van der Waals surface area contributed by atoms with E-state index in [0.717, 1.165) is 25.4 Å². The Morgan fingerprint density at radius 2 is 2.53 bits per heavy atom. The van der Waals surface area contributed by atoms with E-state index in [1.807, 2.05) is 12.1 Å². The van der Waals surface area contributed by atoms with Crippen molar-refractivity contribution in [3.8, 4) is 0 Å². The number of pyridine rings is 1. The number of aromatic nitrogens is 1. The lowest BCUT2D eigenvalue weighted by Crippen LogP contribution is -2.24. The van der Waals surface area contributed by atoms with Gasteiger partial charge >= 0.3 is 0 Å². The lowest BCUT2D eigenvalue weighted by atomic mass is 10.0. The molecule has 0 aromatic carbocycles. The molecule has 15 heavy (non-hydrogen) atoms. The van der Waals surface area contributed by atoms with E-state index in [4.69, 9.17) is 10.5 Å². The van der Waals surface area contributed by atoms with Crippen molar-refractivity contribution in [2.45, 2.75) is 12.8 Å². The summed E-state index contributed by atoms with van der Waals surface area (Å²) in [7, 11) is 0. The van der Waals surface area contributed by atoms with Gasteiger partial charge in [-0.05, 0) is 24.8 Å². The summed E-state index contributed by atoms with van der Waals surface area (Å²) >= 11 is 0. The number of nitrogens with two attached hydrogens (primary N) is 1. The maximum absolute atomic E-state index is 5.59. The zero-order valence-electron chi connectivity index (χ0n) is 8.78. The first-order valence-corrected chi connectivity index (χ1v) is 5.38. The minimum Gasteiger partial charge on any atom is -0.385 e. The van der Waals surface area contributed by atoms with E-state index in [2.05, 4.69) is 10.3 Å². The molecule has 4 nitrogen and oxygen atoms in total. The summed E-state index contributed by atoms with van der Waals surface area (Å²) in [6.07, 6.45) is 4.13. The summed E-state index contributed by atoms with van der Waals surface area (Å²) in [5.41, 5.74) is 6.63. The van der Waals surface area contributed by atoms with Crippen molar-refractivity contribution >= 4 is 11.5 Å². The van der Waals surface area contributed by atoms with Crippen LogP contribution in [0.3, 0.4) is 0 Å². The van der Waals surface area contributed by atoms with Crippen LogP contribution < -0.4 is 11.1 Å². The fourth-order valence-corrected chi connectivity index (χ4v) is 1.79. The summed E-state index contributed by atoms with van der Waals surface area (Å²) in [5.74, 6) is 1.17. The maximum atomic E-state index is 5.59. The Morgan fingerprint density at radius 1 is 1.60 bits per heavy atom. The Labute approximate surface area is 89.8 Å².